The van der Waals surface area contributed by atoms with Crippen LogP contribution in [0.15, 0.2) is 65.4 Å². The van der Waals surface area contributed by atoms with Crippen molar-refractivity contribution >= 4 is 35.2 Å². The second kappa shape index (κ2) is 7.68. The number of ether oxygens (including phenoxy) is 2. The number of carbonyl (C=O) groups excluding carboxylic acids is 2. The predicted molar refractivity (Wildman–Crippen MR) is 105 cm³/mol. The maximum atomic E-state index is 13.1. The van der Waals surface area contributed by atoms with Gasteiger partial charge in [0, 0.05) is 16.4 Å². The van der Waals surface area contributed by atoms with Crippen molar-refractivity contribution in [2.24, 2.45) is 0 Å². The Morgan fingerprint density at radius 2 is 1.67 bits per heavy atom. The Bertz CT molecular complexity index is 943. The third kappa shape index (κ3) is 3.59. The Kier molecular flexibility index (Phi) is 5.33. The summed E-state index contributed by atoms with van der Waals surface area (Å²) in [4.78, 5) is 27.0. The zero-order valence-corrected chi connectivity index (χ0v) is 15.9. The van der Waals surface area contributed by atoms with Gasteiger partial charge < -0.3 is 9.47 Å². The van der Waals surface area contributed by atoms with Gasteiger partial charge in [-0.3, -0.25) is 9.69 Å². The van der Waals surface area contributed by atoms with E-state index in [2.05, 4.69) is 0 Å². The number of halogens is 1. The van der Waals surface area contributed by atoms with Crippen molar-refractivity contribution in [3.05, 3.63) is 76.0 Å². The minimum Gasteiger partial charge on any atom is -0.497 e. The number of anilines is 1. The number of allylic oxidation sites excluding steroid dienone is 1. The smallest absolute Gasteiger partial charge is 0.340 e. The predicted octanol–water partition coefficient (Wildman–Crippen LogP) is 4.23. The van der Waals surface area contributed by atoms with E-state index in [1.165, 1.54) is 12.0 Å². The molecule has 0 N–H and O–H groups in total. The van der Waals surface area contributed by atoms with Gasteiger partial charge in [0.25, 0.3) is 5.91 Å². The standard InChI is InChI=1S/C21H18ClNO4/c1-13-19(21(25)27-3)18(12-14-4-6-15(22)7-5-14)20(24)23(13)16-8-10-17(26-2)11-9-16/h4-12H,1-3H3/b18-12-. The molecule has 0 saturated heterocycles. The van der Waals surface area contributed by atoms with Crippen LogP contribution in [-0.2, 0) is 14.3 Å². The monoisotopic (exact) mass is 383 g/mol. The van der Waals surface area contributed by atoms with Crippen molar-refractivity contribution in [1.82, 2.24) is 0 Å². The van der Waals surface area contributed by atoms with Gasteiger partial charge in [-0.25, -0.2) is 4.79 Å². The first-order valence-electron chi connectivity index (χ1n) is 8.21. The number of amides is 1. The second-order valence-electron chi connectivity index (χ2n) is 5.90. The van der Waals surface area contributed by atoms with E-state index in [9.17, 15) is 9.59 Å². The highest BCUT2D eigenvalue weighted by molar-refractivity contribution is 6.30. The van der Waals surface area contributed by atoms with Crippen LogP contribution in [-0.4, -0.2) is 26.1 Å². The number of rotatable bonds is 4. The quantitative estimate of drug-likeness (QED) is 0.585. The number of methoxy groups -OCH3 is 2. The fourth-order valence-corrected chi connectivity index (χ4v) is 3.07. The van der Waals surface area contributed by atoms with Crippen molar-refractivity contribution in [3.63, 3.8) is 0 Å². The molecule has 0 aromatic heterocycles. The van der Waals surface area contributed by atoms with Crippen molar-refractivity contribution in [1.29, 1.82) is 0 Å². The fourth-order valence-electron chi connectivity index (χ4n) is 2.95. The third-order valence-corrected chi connectivity index (χ3v) is 4.55. The maximum Gasteiger partial charge on any atom is 0.340 e. The van der Waals surface area contributed by atoms with Crippen molar-refractivity contribution in [3.8, 4) is 5.75 Å². The van der Waals surface area contributed by atoms with Crippen LogP contribution in [0.3, 0.4) is 0 Å². The molecule has 2 aromatic carbocycles. The average molecular weight is 384 g/mol. The van der Waals surface area contributed by atoms with E-state index in [-0.39, 0.29) is 17.1 Å². The van der Waals surface area contributed by atoms with E-state index in [1.54, 1.807) is 68.6 Å². The van der Waals surface area contributed by atoms with Crippen LogP contribution in [0.5, 0.6) is 5.75 Å². The van der Waals surface area contributed by atoms with Crippen LogP contribution in [0.4, 0.5) is 5.69 Å². The molecule has 1 aliphatic rings. The molecular weight excluding hydrogens is 366 g/mol. The summed E-state index contributed by atoms with van der Waals surface area (Å²) in [5, 5.41) is 0.592. The van der Waals surface area contributed by atoms with Gasteiger partial charge in [0.15, 0.2) is 0 Å². The summed E-state index contributed by atoms with van der Waals surface area (Å²) in [6, 6.07) is 14.1. The minimum absolute atomic E-state index is 0.244. The number of esters is 1. The van der Waals surface area contributed by atoms with Crippen LogP contribution in [0.1, 0.15) is 12.5 Å². The highest BCUT2D eigenvalue weighted by atomic mass is 35.5. The van der Waals surface area contributed by atoms with Gasteiger partial charge in [-0.05, 0) is 55.0 Å². The molecule has 0 aliphatic carbocycles. The highest BCUT2D eigenvalue weighted by Gasteiger charge is 2.37. The van der Waals surface area contributed by atoms with Crippen LogP contribution < -0.4 is 9.64 Å². The molecule has 5 nitrogen and oxygen atoms in total. The molecule has 1 heterocycles. The van der Waals surface area contributed by atoms with Gasteiger partial charge in [0.05, 0.1) is 25.4 Å². The van der Waals surface area contributed by atoms with Crippen LogP contribution >= 0.6 is 11.6 Å². The van der Waals surface area contributed by atoms with E-state index in [0.29, 0.717) is 22.2 Å². The van der Waals surface area contributed by atoms with Gasteiger partial charge in [-0.15, -0.1) is 0 Å². The Morgan fingerprint density at radius 3 is 2.22 bits per heavy atom. The van der Waals surface area contributed by atoms with E-state index >= 15 is 0 Å². The molecule has 1 amide bonds. The molecule has 0 spiro atoms. The Hall–Kier alpha value is -3.05. The highest BCUT2D eigenvalue weighted by Crippen LogP contribution is 2.36. The molecule has 3 rings (SSSR count). The number of hydrogen-bond donors (Lipinski definition) is 0. The molecule has 2 aromatic rings. The average Bonchev–Trinajstić information content (AvgIpc) is 2.93. The molecule has 0 fully saturated rings. The van der Waals surface area contributed by atoms with Gasteiger partial charge in [0.2, 0.25) is 0 Å². The molecule has 0 bridgehead atoms. The molecule has 138 valence electrons. The molecular formula is C21H18ClNO4. The fraction of sp³-hybridized carbons (Fsp3) is 0.143. The van der Waals surface area contributed by atoms with E-state index in [0.717, 1.165) is 5.56 Å². The van der Waals surface area contributed by atoms with E-state index in [1.807, 2.05) is 0 Å². The van der Waals surface area contributed by atoms with Gasteiger partial charge in [-0.2, -0.15) is 0 Å². The normalized spacial score (nSPS) is 15.5. The summed E-state index contributed by atoms with van der Waals surface area (Å²) in [5.41, 5.74) is 2.43. The number of benzene rings is 2. The lowest BCUT2D eigenvalue weighted by atomic mass is 10.0. The zero-order chi connectivity index (χ0) is 19.6. The van der Waals surface area contributed by atoms with E-state index in [4.69, 9.17) is 21.1 Å². The lowest BCUT2D eigenvalue weighted by Gasteiger charge is -2.18. The van der Waals surface area contributed by atoms with Crippen LogP contribution in [0, 0.1) is 0 Å². The van der Waals surface area contributed by atoms with Crippen LogP contribution in [0.25, 0.3) is 6.08 Å². The van der Waals surface area contributed by atoms with Gasteiger partial charge >= 0.3 is 5.97 Å². The van der Waals surface area contributed by atoms with Crippen molar-refractivity contribution in [2.75, 3.05) is 19.1 Å². The summed E-state index contributed by atoms with van der Waals surface area (Å²) < 4.78 is 10.1. The largest absolute Gasteiger partial charge is 0.497 e. The molecule has 0 unspecified atom stereocenters. The summed E-state index contributed by atoms with van der Waals surface area (Å²) >= 11 is 5.92. The maximum absolute atomic E-state index is 13.1. The summed E-state index contributed by atoms with van der Waals surface area (Å²) in [5.74, 6) is -0.178. The second-order valence-corrected chi connectivity index (χ2v) is 6.34. The van der Waals surface area contributed by atoms with E-state index < -0.39 is 5.97 Å². The summed E-state index contributed by atoms with van der Waals surface area (Å²) in [6.07, 6.45) is 1.66. The lowest BCUT2D eigenvalue weighted by Crippen LogP contribution is -2.24. The Labute approximate surface area is 162 Å². The Morgan fingerprint density at radius 1 is 1.04 bits per heavy atom. The van der Waals surface area contributed by atoms with Crippen LogP contribution in [0.2, 0.25) is 5.02 Å². The first-order valence-corrected chi connectivity index (χ1v) is 8.59. The van der Waals surface area contributed by atoms with Crippen molar-refractivity contribution < 1.29 is 19.1 Å². The molecule has 0 saturated carbocycles. The first kappa shape index (κ1) is 18.7. The SMILES string of the molecule is COC(=O)C1=C(C)N(c2ccc(OC)cc2)C(=O)/C1=C\c1ccc(Cl)cc1. The number of hydrogen-bond acceptors (Lipinski definition) is 4. The third-order valence-electron chi connectivity index (χ3n) is 4.30. The number of nitrogens with zero attached hydrogens (tertiary/aromatic N) is 1. The van der Waals surface area contributed by atoms with Gasteiger partial charge in [-0.1, -0.05) is 23.7 Å². The molecule has 0 atom stereocenters. The van der Waals surface area contributed by atoms with Crippen molar-refractivity contribution in [2.45, 2.75) is 6.92 Å². The number of carbonyl (C=O) groups is 2. The molecule has 27 heavy (non-hydrogen) atoms. The summed E-state index contributed by atoms with van der Waals surface area (Å²) in [6.45, 7) is 1.72. The minimum atomic E-state index is -0.558. The first-order chi connectivity index (χ1) is 13.0. The molecule has 0 radical (unpaired) electrons. The topological polar surface area (TPSA) is 55.8 Å². The zero-order valence-electron chi connectivity index (χ0n) is 15.2. The Balaban J connectivity index is 2.09. The molecule has 1 aliphatic heterocycles. The molecule has 6 heteroatoms. The lowest BCUT2D eigenvalue weighted by molar-refractivity contribution is -0.136. The summed E-state index contributed by atoms with van der Waals surface area (Å²) in [7, 11) is 2.87. The van der Waals surface area contributed by atoms with Gasteiger partial charge in [0.1, 0.15) is 5.75 Å².